The average Bonchev–Trinajstić information content (AvgIpc) is 2.62. The van der Waals surface area contributed by atoms with Gasteiger partial charge in [0, 0.05) is 18.4 Å². The highest BCUT2D eigenvalue weighted by atomic mass is 16.7. The summed E-state index contributed by atoms with van der Waals surface area (Å²) in [6.07, 6.45) is -4.76. The van der Waals surface area contributed by atoms with Gasteiger partial charge in [-0.25, -0.2) is 0 Å². The Kier molecular flexibility index (Phi) is 11.1. The van der Waals surface area contributed by atoms with Gasteiger partial charge in [-0.05, 0) is 5.53 Å². The number of carbonyl (C=O) groups is 1. The predicted molar refractivity (Wildman–Crippen MR) is 87.0 cm³/mol. The first kappa shape index (κ1) is 22.5. The van der Waals surface area contributed by atoms with E-state index < -0.39 is 43.2 Å². The number of ether oxygens (including phenoxy) is 4. The quantitative estimate of drug-likeness (QED) is 0.134. The molecule has 0 bridgehead atoms. The van der Waals surface area contributed by atoms with E-state index in [0.717, 1.165) is 0 Å². The lowest BCUT2D eigenvalue weighted by Crippen LogP contribution is -2.64. The molecule has 0 radical (unpaired) electrons. The normalized spacial score (nSPS) is 28.4. The molecule has 1 fully saturated rings. The maximum absolute atomic E-state index is 11.3. The second-order valence-corrected chi connectivity index (χ2v) is 5.48. The molecule has 5 atom stereocenters. The molecule has 1 amide bonds. The molecular weight excluding hydrogens is 352 g/mol. The second kappa shape index (κ2) is 12.8. The number of aliphatic hydroxyl groups is 3. The van der Waals surface area contributed by atoms with Gasteiger partial charge in [-0.2, -0.15) is 0 Å². The molecule has 12 heteroatoms. The van der Waals surface area contributed by atoms with E-state index >= 15 is 0 Å². The summed E-state index contributed by atoms with van der Waals surface area (Å²) in [5, 5.41) is 35.0. The van der Waals surface area contributed by atoms with E-state index in [9.17, 15) is 20.1 Å². The molecule has 4 N–H and O–H groups in total. The SMILES string of the molecule is CC(=O)N[C@H]1C(OCCOCCOCCN=[N+]=[N-])O[C@H](CO)[C@H](O)[C@@H]1O. The van der Waals surface area contributed by atoms with Gasteiger partial charge in [-0.1, -0.05) is 5.11 Å². The zero-order valence-electron chi connectivity index (χ0n) is 14.6. The number of rotatable bonds is 12. The van der Waals surface area contributed by atoms with Crippen molar-refractivity contribution in [3.63, 3.8) is 0 Å². The number of aliphatic hydroxyl groups excluding tert-OH is 3. The van der Waals surface area contributed by atoms with Crippen LogP contribution in [0.5, 0.6) is 0 Å². The van der Waals surface area contributed by atoms with E-state index in [1.165, 1.54) is 6.92 Å². The first-order valence-corrected chi connectivity index (χ1v) is 8.18. The minimum Gasteiger partial charge on any atom is -0.394 e. The van der Waals surface area contributed by atoms with E-state index in [1.54, 1.807) is 0 Å². The summed E-state index contributed by atoms with van der Waals surface area (Å²) in [7, 11) is 0. The first-order valence-electron chi connectivity index (χ1n) is 8.18. The predicted octanol–water partition coefficient (Wildman–Crippen LogP) is -1.71. The van der Waals surface area contributed by atoms with Crippen molar-refractivity contribution in [3.05, 3.63) is 10.4 Å². The average molecular weight is 378 g/mol. The molecule has 1 unspecified atom stereocenters. The number of hydrogen-bond acceptors (Lipinski definition) is 9. The van der Waals surface area contributed by atoms with Crippen molar-refractivity contribution in [1.29, 1.82) is 0 Å². The molecule has 1 aliphatic heterocycles. The van der Waals surface area contributed by atoms with Gasteiger partial charge < -0.3 is 39.6 Å². The third-order valence-corrected chi connectivity index (χ3v) is 3.53. The lowest BCUT2D eigenvalue weighted by molar-refractivity contribution is -0.272. The second-order valence-electron chi connectivity index (χ2n) is 5.48. The molecular formula is C14H26N4O8. The highest BCUT2D eigenvalue weighted by Crippen LogP contribution is 2.22. The van der Waals surface area contributed by atoms with Gasteiger partial charge in [0.15, 0.2) is 6.29 Å². The minimum atomic E-state index is -1.35. The van der Waals surface area contributed by atoms with Crippen LogP contribution < -0.4 is 5.32 Å². The van der Waals surface area contributed by atoms with Crippen molar-refractivity contribution in [2.24, 2.45) is 5.11 Å². The van der Waals surface area contributed by atoms with Crippen LogP contribution in [0.4, 0.5) is 0 Å². The molecule has 1 aliphatic rings. The summed E-state index contributed by atoms with van der Waals surface area (Å²) in [6.45, 7) is 2.25. The third-order valence-electron chi connectivity index (χ3n) is 3.53. The maximum atomic E-state index is 11.3. The Morgan fingerprint density at radius 1 is 1.19 bits per heavy atom. The van der Waals surface area contributed by atoms with Gasteiger partial charge >= 0.3 is 0 Å². The van der Waals surface area contributed by atoms with Crippen LogP contribution in [0.2, 0.25) is 0 Å². The van der Waals surface area contributed by atoms with E-state index in [2.05, 4.69) is 15.3 Å². The summed E-state index contributed by atoms with van der Waals surface area (Å²) < 4.78 is 21.3. The van der Waals surface area contributed by atoms with Crippen molar-refractivity contribution in [2.45, 2.75) is 37.6 Å². The number of azide groups is 1. The van der Waals surface area contributed by atoms with Gasteiger partial charge in [0.25, 0.3) is 0 Å². The number of nitrogens with one attached hydrogen (secondary N) is 1. The molecule has 26 heavy (non-hydrogen) atoms. The number of amides is 1. The van der Waals surface area contributed by atoms with Gasteiger partial charge in [-0.15, -0.1) is 0 Å². The van der Waals surface area contributed by atoms with Gasteiger partial charge in [0.1, 0.15) is 24.4 Å². The van der Waals surface area contributed by atoms with Gasteiger partial charge in [0.05, 0.1) is 39.6 Å². The molecule has 0 saturated carbocycles. The van der Waals surface area contributed by atoms with Crippen LogP contribution in [0.15, 0.2) is 5.11 Å². The molecule has 1 heterocycles. The Bertz CT molecular complexity index is 462. The van der Waals surface area contributed by atoms with Crippen LogP contribution in [-0.2, 0) is 23.7 Å². The Balaban J connectivity index is 2.30. The monoisotopic (exact) mass is 378 g/mol. The Labute approximate surface area is 150 Å². The van der Waals surface area contributed by atoms with Crippen LogP contribution in [0.25, 0.3) is 10.4 Å². The number of carbonyl (C=O) groups excluding carboxylic acids is 1. The van der Waals surface area contributed by atoms with Crippen LogP contribution in [-0.4, -0.2) is 98.1 Å². The van der Waals surface area contributed by atoms with Crippen molar-refractivity contribution >= 4 is 5.91 Å². The van der Waals surface area contributed by atoms with Gasteiger partial charge in [0.2, 0.25) is 5.91 Å². The first-order chi connectivity index (χ1) is 12.5. The molecule has 0 aromatic heterocycles. The maximum Gasteiger partial charge on any atom is 0.217 e. The summed E-state index contributed by atoms with van der Waals surface area (Å²) in [5.74, 6) is -0.421. The van der Waals surface area contributed by atoms with Crippen molar-refractivity contribution in [2.75, 3.05) is 46.2 Å². The van der Waals surface area contributed by atoms with E-state index in [4.69, 9.17) is 24.5 Å². The fourth-order valence-corrected chi connectivity index (χ4v) is 2.31. The molecule has 150 valence electrons. The topological polar surface area (TPSA) is 175 Å². The smallest absolute Gasteiger partial charge is 0.217 e. The third kappa shape index (κ3) is 7.81. The van der Waals surface area contributed by atoms with Crippen molar-refractivity contribution in [3.8, 4) is 0 Å². The Morgan fingerprint density at radius 3 is 2.46 bits per heavy atom. The van der Waals surface area contributed by atoms with E-state index in [-0.39, 0.29) is 19.8 Å². The van der Waals surface area contributed by atoms with Gasteiger partial charge in [-0.3, -0.25) is 4.79 Å². The zero-order valence-corrected chi connectivity index (χ0v) is 14.6. The molecule has 0 aromatic carbocycles. The fraction of sp³-hybridized carbons (Fsp3) is 0.929. The Hall–Kier alpha value is -1.50. The van der Waals surface area contributed by atoms with E-state index in [0.29, 0.717) is 19.8 Å². The van der Waals surface area contributed by atoms with E-state index in [1.807, 2.05) is 0 Å². The summed E-state index contributed by atoms with van der Waals surface area (Å²) in [6, 6.07) is -0.977. The van der Waals surface area contributed by atoms with Crippen LogP contribution in [0, 0.1) is 0 Å². The highest BCUT2D eigenvalue weighted by molar-refractivity contribution is 5.73. The molecule has 1 saturated heterocycles. The minimum absolute atomic E-state index is 0.0977. The Morgan fingerprint density at radius 2 is 1.85 bits per heavy atom. The lowest BCUT2D eigenvalue weighted by atomic mass is 9.97. The van der Waals surface area contributed by atoms with Crippen LogP contribution in [0.1, 0.15) is 6.92 Å². The van der Waals surface area contributed by atoms with Crippen molar-refractivity contribution < 1.29 is 39.1 Å². The van der Waals surface area contributed by atoms with Crippen LogP contribution in [0.3, 0.4) is 0 Å². The number of hydrogen-bond donors (Lipinski definition) is 4. The number of nitrogens with zero attached hydrogens (tertiary/aromatic N) is 3. The summed E-state index contributed by atoms with van der Waals surface area (Å²) in [4.78, 5) is 13.9. The molecule has 0 aromatic rings. The lowest BCUT2D eigenvalue weighted by Gasteiger charge is -2.42. The summed E-state index contributed by atoms with van der Waals surface area (Å²) in [5.41, 5.74) is 8.09. The fourth-order valence-electron chi connectivity index (χ4n) is 2.31. The molecule has 0 aliphatic carbocycles. The molecule has 0 spiro atoms. The molecule has 12 nitrogen and oxygen atoms in total. The standard InChI is InChI=1S/C14H26N4O8/c1-9(20)17-11-13(22)12(21)10(8-19)26-14(11)25-7-6-24-5-4-23-3-2-16-18-15/h10-14,19,21-22H,2-8H2,1H3,(H,17,20)/t10-,11-,12+,13-,14?/m1/s1. The zero-order chi connectivity index (χ0) is 19.4. The van der Waals surface area contributed by atoms with Crippen LogP contribution >= 0.6 is 0 Å². The highest BCUT2D eigenvalue weighted by Gasteiger charge is 2.45. The van der Waals surface area contributed by atoms with Crippen molar-refractivity contribution in [1.82, 2.24) is 5.32 Å². The molecule has 1 rings (SSSR count). The largest absolute Gasteiger partial charge is 0.394 e. The summed E-state index contributed by atoms with van der Waals surface area (Å²) >= 11 is 0.